The van der Waals surface area contributed by atoms with Crippen LogP contribution in [0.3, 0.4) is 0 Å². The Bertz CT molecular complexity index is 1000. The van der Waals surface area contributed by atoms with Gasteiger partial charge in [0.05, 0.1) is 10.6 Å². The Morgan fingerprint density at radius 1 is 1.11 bits per heavy atom. The minimum absolute atomic E-state index is 0.0602. The van der Waals surface area contributed by atoms with E-state index in [9.17, 15) is 22.1 Å². The van der Waals surface area contributed by atoms with Crippen molar-refractivity contribution < 1.29 is 39.9 Å². The second kappa shape index (κ2) is 8.46. The van der Waals surface area contributed by atoms with E-state index in [2.05, 4.69) is 5.32 Å². The molecule has 11 nitrogen and oxygen atoms in total. The van der Waals surface area contributed by atoms with Gasteiger partial charge in [-0.1, -0.05) is 0 Å². The van der Waals surface area contributed by atoms with Gasteiger partial charge < -0.3 is 10.8 Å². The number of phenols is 2. The SMILES string of the molecule is CC(=O)Nc1cccc(O)c1[As](=O)(O)O.Nc1cc(S(=O)(=O)O)ccc1O. The molecule has 0 radical (unpaired) electrons. The summed E-state index contributed by atoms with van der Waals surface area (Å²) in [5.74, 6) is -1.21. The van der Waals surface area contributed by atoms with Gasteiger partial charge in [0.2, 0.25) is 0 Å². The Morgan fingerprint density at radius 3 is 2.15 bits per heavy atom. The van der Waals surface area contributed by atoms with E-state index in [0.29, 0.717) is 0 Å². The van der Waals surface area contributed by atoms with E-state index in [-0.39, 0.29) is 22.0 Å². The van der Waals surface area contributed by atoms with E-state index >= 15 is 0 Å². The Hall–Kier alpha value is -2.50. The molecular weight excluding hydrogens is 447 g/mol. The van der Waals surface area contributed by atoms with Crippen LogP contribution in [0.4, 0.5) is 11.4 Å². The van der Waals surface area contributed by atoms with Crippen molar-refractivity contribution in [1.82, 2.24) is 0 Å². The van der Waals surface area contributed by atoms with Crippen molar-refractivity contribution in [3.63, 3.8) is 0 Å². The molecule has 2 aromatic carbocycles. The standard InChI is InChI=1S/C8H10AsNO5.C6H7NO4S/c1-5(11)10-6-3-2-4-7(12)8(6)9(13,14)15;7-5-3-4(12(9,10)11)1-2-6(5)8/h2-4,12H,1H3,(H,10,11)(H2,13,14,15);1-3,8H,7H2,(H,9,10,11). The Kier molecular flexibility index (Phi) is 7.06. The number of amides is 1. The summed E-state index contributed by atoms with van der Waals surface area (Å²) in [4.78, 5) is 10.4. The fraction of sp³-hybridized carbons (Fsp3) is 0.0714. The number of anilines is 2. The number of phenolic OH excluding ortho intramolecular Hbond substituents is 2. The average Bonchev–Trinajstić information content (AvgIpc) is 2.47. The molecule has 0 aliphatic heterocycles. The van der Waals surface area contributed by atoms with Gasteiger partial charge in [0, 0.05) is 0 Å². The van der Waals surface area contributed by atoms with Crippen LogP contribution in [-0.2, 0) is 18.7 Å². The van der Waals surface area contributed by atoms with E-state index in [1.165, 1.54) is 19.1 Å². The van der Waals surface area contributed by atoms with Gasteiger partial charge >= 0.3 is 88.1 Å². The van der Waals surface area contributed by atoms with Gasteiger partial charge in [0.1, 0.15) is 5.75 Å². The Morgan fingerprint density at radius 2 is 1.70 bits per heavy atom. The van der Waals surface area contributed by atoms with Crippen molar-refractivity contribution in [2.45, 2.75) is 11.8 Å². The molecule has 8 N–H and O–H groups in total. The van der Waals surface area contributed by atoms with Crippen molar-refractivity contribution in [3.8, 4) is 11.5 Å². The number of nitrogens with two attached hydrogens (primary N) is 1. The van der Waals surface area contributed by atoms with E-state index in [1.807, 2.05) is 0 Å². The summed E-state index contributed by atoms with van der Waals surface area (Å²) in [6.07, 6.45) is 0. The molecule has 0 aromatic heterocycles. The number of aromatic hydroxyl groups is 2. The van der Waals surface area contributed by atoms with E-state index in [0.717, 1.165) is 24.3 Å². The van der Waals surface area contributed by atoms with E-state index in [1.54, 1.807) is 0 Å². The molecule has 0 unspecified atom stereocenters. The normalized spacial score (nSPS) is 11.3. The molecule has 1 amide bonds. The van der Waals surface area contributed by atoms with Gasteiger partial charge in [-0.05, 0) is 18.2 Å². The number of carbonyl (C=O) groups is 1. The average molecular weight is 464 g/mol. The van der Waals surface area contributed by atoms with Crippen molar-refractivity contribution in [1.29, 1.82) is 0 Å². The molecule has 0 fully saturated rings. The summed E-state index contributed by atoms with van der Waals surface area (Å²) in [5.41, 5.74) is 5.04. The van der Waals surface area contributed by atoms with Crippen molar-refractivity contribution in [2.75, 3.05) is 11.1 Å². The monoisotopic (exact) mass is 464 g/mol. The third-order valence-electron chi connectivity index (χ3n) is 2.91. The summed E-state index contributed by atoms with van der Waals surface area (Å²) in [5, 5.41) is 20.5. The third kappa shape index (κ3) is 6.62. The molecule has 0 aliphatic carbocycles. The van der Waals surface area contributed by atoms with Crippen LogP contribution < -0.4 is 15.4 Å². The van der Waals surface area contributed by atoms with Crippen LogP contribution in [0.1, 0.15) is 6.92 Å². The smallest absolute Gasteiger partial charge is 0.294 e. The summed E-state index contributed by atoms with van der Waals surface area (Å²) < 4.78 is 58.2. The molecule has 0 saturated heterocycles. The number of benzene rings is 2. The fourth-order valence-corrected chi connectivity index (χ4v) is 4.05. The molecule has 27 heavy (non-hydrogen) atoms. The predicted octanol–water partition coefficient (Wildman–Crippen LogP) is -0.867. The van der Waals surface area contributed by atoms with Crippen LogP contribution in [0.15, 0.2) is 41.3 Å². The molecule has 0 bridgehead atoms. The first kappa shape index (κ1) is 22.5. The topological polar surface area (TPSA) is 207 Å². The summed E-state index contributed by atoms with van der Waals surface area (Å²) in [6.45, 7) is 1.21. The maximum absolute atomic E-state index is 11.1. The van der Waals surface area contributed by atoms with Crippen molar-refractivity contribution in [3.05, 3.63) is 36.4 Å². The summed E-state index contributed by atoms with van der Waals surface area (Å²) in [7, 11) is -4.23. The number of nitrogens with one attached hydrogen (secondary N) is 1. The zero-order valence-corrected chi connectivity index (χ0v) is 16.5. The molecule has 0 spiro atoms. The number of hydrogen-bond acceptors (Lipinski definition) is 7. The van der Waals surface area contributed by atoms with Gasteiger partial charge in [-0.15, -0.1) is 0 Å². The van der Waals surface area contributed by atoms with Crippen LogP contribution in [0, 0.1) is 0 Å². The fourth-order valence-electron chi connectivity index (χ4n) is 1.82. The second-order valence-electron chi connectivity index (χ2n) is 5.09. The van der Waals surface area contributed by atoms with Gasteiger partial charge in [0.15, 0.2) is 0 Å². The van der Waals surface area contributed by atoms with Gasteiger partial charge in [-0.2, -0.15) is 8.42 Å². The van der Waals surface area contributed by atoms with Crippen LogP contribution in [0.2, 0.25) is 0 Å². The first-order valence-corrected chi connectivity index (χ1v) is 11.8. The van der Waals surface area contributed by atoms with E-state index in [4.69, 9.17) is 23.6 Å². The Labute approximate surface area is 156 Å². The summed E-state index contributed by atoms with van der Waals surface area (Å²) >= 11 is -5.25. The molecule has 0 aliphatic rings. The van der Waals surface area contributed by atoms with E-state index < -0.39 is 40.3 Å². The summed E-state index contributed by atoms with van der Waals surface area (Å²) in [6, 6.07) is 6.98. The minimum Gasteiger partial charge on any atom is -0.506 e. The van der Waals surface area contributed by atoms with Gasteiger partial charge in [-0.25, -0.2) is 0 Å². The Balaban J connectivity index is 0.000000277. The quantitative estimate of drug-likeness (QED) is 0.129. The number of hydrogen-bond donors (Lipinski definition) is 7. The zero-order valence-electron chi connectivity index (χ0n) is 13.8. The minimum atomic E-state index is -5.25. The molecule has 148 valence electrons. The number of carbonyl (C=O) groups excluding carboxylic acids is 1. The van der Waals surface area contributed by atoms with Crippen molar-refractivity contribution in [2.24, 2.45) is 0 Å². The third-order valence-corrected chi connectivity index (χ3v) is 5.97. The van der Waals surface area contributed by atoms with Crippen molar-refractivity contribution >= 4 is 45.9 Å². The molecular formula is C14H17AsN2O9S. The first-order chi connectivity index (χ1) is 12.2. The number of nitrogen functional groups attached to an aromatic ring is 1. The first-order valence-electron chi connectivity index (χ1n) is 6.95. The molecule has 2 rings (SSSR count). The van der Waals surface area contributed by atoms with Crippen LogP contribution >= 0.6 is 0 Å². The largest absolute Gasteiger partial charge is 0.506 e. The van der Waals surface area contributed by atoms with Gasteiger partial charge in [0.25, 0.3) is 10.1 Å². The maximum atomic E-state index is 11.1. The predicted molar refractivity (Wildman–Crippen MR) is 95.3 cm³/mol. The van der Waals surface area contributed by atoms with Crippen LogP contribution in [0.5, 0.6) is 11.5 Å². The molecule has 2 aromatic rings. The zero-order chi connectivity index (χ0) is 21.0. The van der Waals surface area contributed by atoms with Gasteiger partial charge in [-0.3, -0.25) is 4.55 Å². The molecule has 0 heterocycles. The van der Waals surface area contributed by atoms with Crippen LogP contribution in [-0.4, -0.2) is 51.5 Å². The molecule has 13 heteroatoms. The maximum Gasteiger partial charge on any atom is 0.294 e. The molecule has 0 saturated carbocycles. The molecule has 0 atom stereocenters. The van der Waals surface area contributed by atoms with Crippen LogP contribution in [0.25, 0.3) is 0 Å². The number of rotatable bonds is 3. The second-order valence-corrected chi connectivity index (χ2v) is 9.74.